The molecule has 2 aromatic carbocycles. The molecule has 2 aromatic heterocycles. The van der Waals surface area contributed by atoms with Gasteiger partial charge in [-0.25, -0.2) is 4.98 Å². The van der Waals surface area contributed by atoms with Crippen LogP contribution in [0.15, 0.2) is 78.0 Å². The molecule has 2 aliphatic rings. The summed E-state index contributed by atoms with van der Waals surface area (Å²) in [6, 6.07) is 18.4. The molecule has 32 heavy (non-hydrogen) atoms. The van der Waals surface area contributed by atoms with Gasteiger partial charge in [0.15, 0.2) is 0 Å². The van der Waals surface area contributed by atoms with Gasteiger partial charge in [0.05, 0.1) is 6.20 Å². The van der Waals surface area contributed by atoms with Crippen LogP contribution < -0.4 is 5.56 Å². The van der Waals surface area contributed by atoms with Gasteiger partial charge in [0.1, 0.15) is 5.69 Å². The largest absolute Gasteiger partial charge is 0.336 e. The highest BCUT2D eigenvalue weighted by Crippen LogP contribution is 2.36. The number of nitrogens with zero attached hydrogens (tertiary/aromatic N) is 4. The van der Waals surface area contributed by atoms with E-state index in [0.717, 1.165) is 34.0 Å². The van der Waals surface area contributed by atoms with Crippen LogP contribution in [0.3, 0.4) is 0 Å². The number of carbonyl (C=O) groups is 1. The number of hydrogen-bond acceptors (Lipinski definition) is 4. The Morgan fingerprint density at radius 3 is 2.66 bits per heavy atom. The number of likely N-dealkylation sites (tertiary alicyclic amines) is 1. The van der Waals surface area contributed by atoms with E-state index in [2.05, 4.69) is 40.3 Å². The minimum Gasteiger partial charge on any atom is -0.336 e. The quantitative estimate of drug-likeness (QED) is 0.494. The van der Waals surface area contributed by atoms with Crippen molar-refractivity contribution in [1.29, 1.82) is 0 Å². The van der Waals surface area contributed by atoms with Crippen LogP contribution in [0.2, 0.25) is 0 Å². The third-order valence-corrected chi connectivity index (χ3v) is 6.73. The highest BCUT2D eigenvalue weighted by Gasteiger charge is 2.37. The Morgan fingerprint density at radius 2 is 1.81 bits per heavy atom. The van der Waals surface area contributed by atoms with Gasteiger partial charge in [-0.3, -0.25) is 14.6 Å². The van der Waals surface area contributed by atoms with E-state index in [4.69, 9.17) is 0 Å². The maximum Gasteiger partial charge on any atom is 0.274 e. The van der Waals surface area contributed by atoms with Gasteiger partial charge >= 0.3 is 0 Å². The molecule has 6 nitrogen and oxygen atoms in total. The lowest BCUT2D eigenvalue weighted by atomic mass is 9.82. The van der Waals surface area contributed by atoms with Crippen LogP contribution in [0.4, 0.5) is 0 Å². The van der Waals surface area contributed by atoms with E-state index in [1.807, 2.05) is 33.7 Å². The summed E-state index contributed by atoms with van der Waals surface area (Å²) in [6.45, 7) is 1.87. The first-order chi connectivity index (χ1) is 15.7. The van der Waals surface area contributed by atoms with Crippen LogP contribution in [0.25, 0.3) is 21.9 Å². The zero-order valence-electron chi connectivity index (χ0n) is 17.5. The summed E-state index contributed by atoms with van der Waals surface area (Å²) in [5.41, 5.74) is 3.12. The molecule has 2 atom stereocenters. The fourth-order valence-corrected chi connectivity index (χ4v) is 5.26. The van der Waals surface area contributed by atoms with Gasteiger partial charge in [0.2, 0.25) is 0 Å². The number of fused-ring (bicyclic) bond motifs is 5. The molecule has 0 saturated carbocycles. The second-order valence-electron chi connectivity index (χ2n) is 8.75. The molecule has 1 amide bonds. The highest BCUT2D eigenvalue weighted by molar-refractivity contribution is 5.92. The number of amides is 1. The molecule has 1 saturated heterocycles. The number of piperidine rings is 1. The first-order valence-corrected chi connectivity index (χ1v) is 11.0. The van der Waals surface area contributed by atoms with Crippen LogP contribution in [-0.2, 0) is 6.54 Å². The molecule has 6 heteroatoms. The predicted octanol–water partition coefficient (Wildman–Crippen LogP) is 3.72. The average Bonchev–Trinajstić information content (AvgIpc) is 2.84. The van der Waals surface area contributed by atoms with E-state index < -0.39 is 0 Å². The Kier molecular flexibility index (Phi) is 4.38. The first kappa shape index (κ1) is 18.9. The topological polar surface area (TPSA) is 68.1 Å². The summed E-state index contributed by atoms with van der Waals surface area (Å²) in [5.74, 6) is 0.323. The number of aromatic nitrogens is 3. The number of benzene rings is 2. The molecule has 4 aromatic rings. The summed E-state index contributed by atoms with van der Waals surface area (Å²) in [5, 5.41) is 2.29. The predicted molar refractivity (Wildman–Crippen MR) is 122 cm³/mol. The van der Waals surface area contributed by atoms with E-state index in [-0.39, 0.29) is 23.3 Å². The summed E-state index contributed by atoms with van der Waals surface area (Å²) in [4.78, 5) is 36.4. The van der Waals surface area contributed by atoms with Crippen molar-refractivity contribution in [2.45, 2.75) is 18.9 Å². The maximum atomic E-state index is 13.5. The van der Waals surface area contributed by atoms with Gasteiger partial charge in [-0.1, -0.05) is 36.4 Å². The lowest BCUT2D eigenvalue weighted by molar-refractivity contribution is 0.0588. The van der Waals surface area contributed by atoms with Crippen molar-refractivity contribution in [3.05, 3.63) is 94.9 Å². The SMILES string of the molecule is O=C(c1cnccn1)N1C[C@@H]2C[C@H](C1)c1ccc(-c3ccc4ccccc4c3)c(=O)n1C2. The maximum absolute atomic E-state index is 13.5. The van der Waals surface area contributed by atoms with Gasteiger partial charge < -0.3 is 9.47 Å². The molecule has 0 N–H and O–H groups in total. The second kappa shape index (κ2) is 7.41. The minimum atomic E-state index is -0.0867. The second-order valence-corrected chi connectivity index (χ2v) is 8.75. The lowest BCUT2D eigenvalue weighted by Crippen LogP contribution is -2.49. The highest BCUT2D eigenvalue weighted by atomic mass is 16.2. The van der Waals surface area contributed by atoms with Crippen molar-refractivity contribution in [2.24, 2.45) is 5.92 Å². The molecule has 0 spiro atoms. The monoisotopic (exact) mass is 422 g/mol. The molecule has 158 valence electrons. The Balaban J connectivity index is 1.34. The Bertz CT molecular complexity index is 1400. The molecular formula is C26H22N4O2. The van der Waals surface area contributed by atoms with Gasteiger partial charge in [-0.2, -0.15) is 0 Å². The molecule has 4 heterocycles. The number of hydrogen-bond donors (Lipinski definition) is 0. The van der Waals surface area contributed by atoms with Crippen LogP contribution in [0, 0.1) is 5.92 Å². The number of pyridine rings is 1. The molecule has 2 aliphatic heterocycles. The third kappa shape index (κ3) is 3.11. The zero-order chi connectivity index (χ0) is 21.7. The molecule has 0 radical (unpaired) electrons. The lowest BCUT2D eigenvalue weighted by Gasteiger charge is -2.42. The fraction of sp³-hybridized carbons (Fsp3) is 0.231. The van der Waals surface area contributed by atoms with Crippen LogP contribution in [0.5, 0.6) is 0 Å². The first-order valence-electron chi connectivity index (χ1n) is 11.0. The van der Waals surface area contributed by atoms with E-state index in [1.54, 1.807) is 12.4 Å². The Morgan fingerprint density at radius 1 is 0.938 bits per heavy atom. The van der Waals surface area contributed by atoms with Crippen LogP contribution in [0.1, 0.15) is 28.5 Å². The molecule has 1 fully saturated rings. The van der Waals surface area contributed by atoms with Crippen molar-refractivity contribution in [3.63, 3.8) is 0 Å². The Labute approximate surface area is 185 Å². The molecule has 0 unspecified atom stereocenters. The van der Waals surface area contributed by atoms with Crippen molar-refractivity contribution >= 4 is 16.7 Å². The summed E-state index contributed by atoms with van der Waals surface area (Å²) >= 11 is 0. The van der Waals surface area contributed by atoms with Crippen molar-refractivity contribution in [2.75, 3.05) is 13.1 Å². The molecule has 0 aliphatic carbocycles. The van der Waals surface area contributed by atoms with Gasteiger partial charge in [0.25, 0.3) is 11.5 Å². The standard InChI is InChI=1S/C26H22N4O2/c31-25-22(20-6-5-18-3-1-2-4-19(18)12-20)7-8-24-21-11-17(15-30(24)25)14-29(16-21)26(32)23-13-27-9-10-28-23/h1-10,12-13,17,21H,11,14-16H2/t17-,21+/m0/s1. The summed E-state index contributed by atoms with van der Waals surface area (Å²) in [6.07, 6.45) is 5.62. The van der Waals surface area contributed by atoms with Gasteiger partial charge in [-0.15, -0.1) is 0 Å². The van der Waals surface area contributed by atoms with Crippen molar-refractivity contribution in [1.82, 2.24) is 19.4 Å². The summed E-state index contributed by atoms with van der Waals surface area (Å²) < 4.78 is 1.94. The fourth-order valence-electron chi connectivity index (χ4n) is 5.26. The minimum absolute atomic E-state index is 0.0567. The zero-order valence-corrected chi connectivity index (χ0v) is 17.5. The van der Waals surface area contributed by atoms with E-state index in [9.17, 15) is 9.59 Å². The van der Waals surface area contributed by atoms with Crippen molar-refractivity contribution < 1.29 is 4.79 Å². The number of rotatable bonds is 2. The molecule has 2 bridgehead atoms. The number of carbonyl (C=O) groups excluding carboxylic acids is 1. The van der Waals surface area contributed by atoms with Crippen molar-refractivity contribution in [3.8, 4) is 11.1 Å². The van der Waals surface area contributed by atoms with E-state index in [1.165, 1.54) is 6.20 Å². The van der Waals surface area contributed by atoms with Crippen LogP contribution >= 0.6 is 0 Å². The van der Waals surface area contributed by atoms with E-state index in [0.29, 0.717) is 25.3 Å². The summed E-state index contributed by atoms with van der Waals surface area (Å²) in [7, 11) is 0. The van der Waals surface area contributed by atoms with Crippen LogP contribution in [-0.4, -0.2) is 38.4 Å². The van der Waals surface area contributed by atoms with Gasteiger partial charge in [0, 0.05) is 49.2 Å². The molecule has 6 rings (SSSR count). The Hall–Kier alpha value is -3.80. The van der Waals surface area contributed by atoms with E-state index >= 15 is 0 Å². The van der Waals surface area contributed by atoms with Gasteiger partial charge in [-0.05, 0) is 46.9 Å². The molecular weight excluding hydrogens is 400 g/mol. The normalized spacial score (nSPS) is 19.6. The average molecular weight is 422 g/mol. The smallest absolute Gasteiger partial charge is 0.274 e. The third-order valence-electron chi connectivity index (χ3n) is 6.73.